The Morgan fingerprint density at radius 2 is 1.54 bits per heavy atom. The lowest BCUT2D eigenvalue weighted by Crippen LogP contribution is -2.05. The second kappa shape index (κ2) is 8.12. The fourth-order valence-corrected chi connectivity index (χ4v) is 2.54. The predicted octanol–water partition coefficient (Wildman–Crippen LogP) is 5.25. The Hall–Kier alpha value is -2.70. The maximum atomic E-state index is 6.19. The summed E-state index contributed by atoms with van der Waals surface area (Å²) in [5, 5.41) is 7.20. The van der Waals surface area contributed by atoms with Crippen LogP contribution in [0.2, 0.25) is 10.0 Å². The molecule has 8 heteroatoms. The van der Waals surface area contributed by atoms with Gasteiger partial charge in [0, 0.05) is 11.4 Å². The summed E-state index contributed by atoms with van der Waals surface area (Å²) in [6, 6.07) is 12.7. The van der Waals surface area contributed by atoms with Crippen LogP contribution in [0.3, 0.4) is 0 Å². The summed E-state index contributed by atoms with van der Waals surface area (Å²) >= 11 is 12.0. The highest BCUT2D eigenvalue weighted by atomic mass is 35.5. The van der Waals surface area contributed by atoms with E-state index in [0.29, 0.717) is 34.0 Å². The number of ether oxygens (including phenoxy) is 1. The molecule has 0 radical (unpaired) electrons. The van der Waals surface area contributed by atoms with Crippen molar-refractivity contribution in [3.8, 4) is 5.75 Å². The minimum atomic E-state index is 0.382. The van der Waals surface area contributed by atoms with Crippen molar-refractivity contribution in [2.75, 3.05) is 23.0 Å². The van der Waals surface area contributed by atoms with Gasteiger partial charge in [0.2, 0.25) is 0 Å². The molecule has 0 aliphatic heterocycles. The molecule has 0 saturated carbocycles. The van der Waals surface area contributed by atoms with E-state index in [0.717, 1.165) is 17.1 Å². The average molecular weight is 390 g/mol. The number of nitrogens with one attached hydrogen (secondary N) is 2. The van der Waals surface area contributed by atoms with Crippen molar-refractivity contribution in [3.05, 3.63) is 58.8 Å². The van der Waals surface area contributed by atoms with E-state index in [4.69, 9.17) is 33.7 Å². The van der Waals surface area contributed by atoms with Crippen molar-refractivity contribution in [2.24, 2.45) is 0 Å². The number of halogens is 2. The highest BCUT2D eigenvalue weighted by Crippen LogP contribution is 2.31. The van der Waals surface area contributed by atoms with Gasteiger partial charge >= 0.3 is 0 Å². The summed E-state index contributed by atoms with van der Waals surface area (Å²) in [6.07, 6.45) is 1.42. The first-order valence-corrected chi connectivity index (χ1v) is 8.65. The molecule has 0 fully saturated rings. The topological polar surface area (TPSA) is 85.1 Å². The molecule has 0 saturated heterocycles. The van der Waals surface area contributed by atoms with Gasteiger partial charge in [-0.25, -0.2) is 9.97 Å². The highest BCUT2D eigenvalue weighted by molar-refractivity contribution is 6.42. The second-order valence-corrected chi connectivity index (χ2v) is 6.14. The largest absolute Gasteiger partial charge is 0.494 e. The summed E-state index contributed by atoms with van der Waals surface area (Å²) in [6.45, 7) is 2.56. The van der Waals surface area contributed by atoms with Crippen LogP contribution in [-0.2, 0) is 0 Å². The Bertz CT molecular complexity index is 903. The summed E-state index contributed by atoms with van der Waals surface area (Å²) in [5.41, 5.74) is 8.12. The Balaban J connectivity index is 1.79. The van der Waals surface area contributed by atoms with Crippen molar-refractivity contribution >= 4 is 51.9 Å². The van der Waals surface area contributed by atoms with Crippen LogP contribution in [0.1, 0.15) is 6.92 Å². The molecule has 0 aliphatic carbocycles. The van der Waals surface area contributed by atoms with Gasteiger partial charge in [-0.15, -0.1) is 0 Å². The molecular weight excluding hydrogens is 373 g/mol. The predicted molar refractivity (Wildman–Crippen MR) is 107 cm³/mol. The number of benzene rings is 2. The summed E-state index contributed by atoms with van der Waals surface area (Å²) in [5.74, 6) is 1.76. The fourth-order valence-electron chi connectivity index (χ4n) is 2.24. The van der Waals surface area contributed by atoms with Crippen molar-refractivity contribution in [2.45, 2.75) is 6.92 Å². The number of hydrogen-bond acceptors (Lipinski definition) is 6. The molecule has 0 amide bonds. The van der Waals surface area contributed by atoms with Crippen molar-refractivity contribution < 1.29 is 4.74 Å². The Kier molecular flexibility index (Phi) is 5.65. The number of nitrogens with zero attached hydrogens (tertiary/aromatic N) is 2. The zero-order valence-electron chi connectivity index (χ0n) is 14.0. The minimum Gasteiger partial charge on any atom is -0.494 e. The van der Waals surface area contributed by atoms with Crippen molar-refractivity contribution in [1.29, 1.82) is 0 Å². The molecule has 0 unspecified atom stereocenters. The summed E-state index contributed by atoms with van der Waals surface area (Å²) in [7, 11) is 0. The molecule has 0 atom stereocenters. The van der Waals surface area contributed by atoms with Gasteiger partial charge in [0.1, 0.15) is 17.8 Å². The lowest BCUT2D eigenvalue weighted by atomic mass is 10.3. The van der Waals surface area contributed by atoms with E-state index in [9.17, 15) is 0 Å². The summed E-state index contributed by atoms with van der Waals surface area (Å²) in [4.78, 5) is 8.38. The fraction of sp³-hybridized carbons (Fsp3) is 0.111. The van der Waals surface area contributed by atoms with Crippen molar-refractivity contribution in [3.63, 3.8) is 0 Å². The SMILES string of the molecule is CCOc1ccc(Nc2ncnc(Nc3ccc(Cl)c(Cl)c3)c2N)cc1. The number of nitrogens with two attached hydrogens (primary N) is 1. The third-order valence-corrected chi connectivity index (χ3v) is 4.23. The zero-order valence-corrected chi connectivity index (χ0v) is 15.5. The molecule has 0 aliphatic rings. The van der Waals surface area contributed by atoms with Crippen LogP contribution in [0.15, 0.2) is 48.8 Å². The standard InChI is InChI=1S/C18H17Cl2N5O/c1-2-26-13-6-3-11(4-7-13)24-17-16(21)18(23-10-22-17)25-12-5-8-14(19)15(20)9-12/h3-10H,2,21H2,1H3,(H2,22,23,24,25). The highest BCUT2D eigenvalue weighted by Gasteiger charge is 2.10. The number of hydrogen-bond donors (Lipinski definition) is 3. The number of anilines is 5. The van der Waals surface area contributed by atoms with Crippen LogP contribution >= 0.6 is 23.2 Å². The van der Waals surface area contributed by atoms with Crippen LogP contribution in [0, 0.1) is 0 Å². The average Bonchev–Trinajstić information content (AvgIpc) is 2.63. The van der Waals surface area contributed by atoms with E-state index in [-0.39, 0.29) is 0 Å². The molecule has 1 aromatic heterocycles. The van der Waals surface area contributed by atoms with Gasteiger partial charge < -0.3 is 21.1 Å². The van der Waals surface area contributed by atoms with E-state index < -0.39 is 0 Å². The molecule has 134 valence electrons. The first-order valence-electron chi connectivity index (χ1n) is 7.89. The Morgan fingerprint density at radius 1 is 0.923 bits per heavy atom. The molecule has 3 aromatic rings. The van der Waals surface area contributed by atoms with Gasteiger partial charge in [0.15, 0.2) is 11.6 Å². The first kappa shape index (κ1) is 18.1. The number of nitrogen functional groups attached to an aromatic ring is 1. The maximum absolute atomic E-state index is 6.19. The smallest absolute Gasteiger partial charge is 0.159 e. The minimum absolute atomic E-state index is 0.382. The van der Waals surface area contributed by atoms with Crippen LogP contribution < -0.4 is 21.1 Å². The third-order valence-electron chi connectivity index (χ3n) is 3.49. The van der Waals surface area contributed by atoms with Crippen LogP contribution in [-0.4, -0.2) is 16.6 Å². The lowest BCUT2D eigenvalue weighted by molar-refractivity contribution is 0.340. The van der Waals surface area contributed by atoms with Gasteiger partial charge in [-0.05, 0) is 49.4 Å². The number of rotatable bonds is 6. The normalized spacial score (nSPS) is 10.4. The van der Waals surface area contributed by atoms with E-state index >= 15 is 0 Å². The van der Waals surface area contributed by atoms with Crippen LogP contribution in [0.25, 0.3) is 0 Å². The molecule has 3 rings (SSSR count). The lowest BCUT2D eigenvalue weighted by Gasteiger charge is -2.13. The van der Waals surface area contributed by atoms with Gasteiger partial charge in [0.05, 0.1) is 16.7 Å². The molecule has 0 bridgehead atoms. The number of aromatic nitrogens is 2. The van der Waals surface area contributed by atoms with Gasteiger partial charge in [0.25, 0.3) is 0 Å². The Morgan fingerprint density at radius 3 is 2.15 bits per heavy atom. The summed E-state index contributed by atoms with van der Waals surface area (Å²) < 4.78 is 5.43. The van der Waals surface area contributed by atoms with E-state index in [1.54, 1.807) is 18.2 Å². The molecular formula is C18H17Cl2N5O. The van der Waals surface area contributed by atoms with Gasteiger partial charge in [-0.2, -0.15) is 0 Å². The molecule has 26 heavy (non-hydrogen) atoms. The molecule has 2 aromatic carbocycles. The maximum Gasteiger partial charge on any atom is 0.159 e. The molecule has 0 spiro atoms. The van der Waals surface area contributed by atoms with Gasteiger partial charge in [-0.3, -0.25) is 0 Å². The zero-order chi connectivity index (χ0) is 18.5. The Labute approximate surface area is 161 Å². The second-order valence-electron chi connectivity index (χ2n) is 5.32. The third kappa shape index (κ3) is 4.28. The van der Waals surface area contributed by atoms with Crippen LogP contribution in [0.5, 0.6) is 5.75 Å². The van der Waals surface area contributed by atoms with Crippen LogP contribution in [0.4, 0.5) is 28.7 Å². The van der Waals surface area contributed by atoms with E-state index in [1.165, 1.54) is 6.33 Å². The molecule has 4 N–H and O–H groups in total. The van der Waals surface area contributed by atoms with E-state index in [2.05, 4.69) is 20.6 Å². The monoisotopic (exact) mass is 389 g/mol. The quantitative estimate of drug-likeness (QED) is 0.533. The first-order chi connectivity index (χ1) is 12.6. The molecule has 6 nitrogen and oxygen atoms in total. The van der Waals surface area contributed by atoms with E-state index in [1.807, 2.05) is 31.2 Å². The molecule has 1 heterocycles. The van der Waals surface area contributed by atoms with Gasteiger partial charge in [-0.1, -0.05) is 23.2 Å². The van der Waals surface area contributed by atoms with Crippen molar-refractivity contribution in [1.82, 2.24) is 9.97 Å².